The Hall–Kier alpha value is -3.79. The number of rotatable bonds is 19. The number of carbonyl (C=O) groups is 7. The predicted molar refractivity (Wildman–Crippen MR) is 123 cm³/mol. The molecular weight excluding hydrogens is 482 g/mol. The number of hydrogen-bond donors (Lipinski definition) is 9. The Kier molecular flexibility index (Phi) is 15.0. The lowest BCUT2D eigenvalue weighted by Crippen LogP contribution is -2.57. The van der Waals surface area contributed by atoms with Crippen molar-refractivity contribution in [3.05, 3.63) is 0 Å². The number of amides is 5. The summed E-state index contributed by atoms with van der Waals surface area (Å²) in [6.45, 7) is 0.285. The first-order valence-electron chi connectivity index (χ1n) is 11.2. The molecule has 16 heteroatoms. The highest BCUT2D eigenvalue weighted by Gasteiger charge is 2.31. The summed E-state index contributed by atoms with van der Waals surface area (Å²) in [6.07, 6.45) is -0.994. The van der Waals surface area contributed by atoms with Gasteiger partial charge in [-0.05, 0) is 38.6 Å². The Bertz CT molecular complexity index is 821. The fourth-order valence-corrected chi connectivity index (χ4v) is 2.95. The third-order valence-electron chi connectivity index (χ3n) is 4.92. The van der Waals surface area contributed by atoms with Crippen LogP contribution in [0.5, 0.6) is 0 Å². The van der Waals surface area contributed by atoms with Crippen molar-refractivity contribution in [3.8, 4) is 0 Å². The number of nitrogens with one attached hydrogen (secondary N) is 3. The summed E-state index contributed by atoms with van der Waals surface area (Å²) < 4.78 is 0. The molecule has 0 aromatic heterocycles. The monoisotopic (exact) mass is 517 g/mol. The molecule has 204 valence electrons. The Morgan fingerprint density at radius 1 is 0.667 bits per heavy atom. The van der Waals surface area contributed by atoms with Crippen LogP contribution >= 0.6 is 0 Å². The number of aliphatic carboxylic acids is 2. The average molecular weight is 518 g/mol. The fourth-order valence-electron chi connectivity index (χ4n) is 2.95. The molecule has 4 unspecified atom stereocenters. The fraction of sp³-hybridized carbons (Fsp3) is 0.650. The highest BCUT2D eigenvalue weighted by Crippen LogP contribution is 2.06. The highest BCUT2D eigenvalue weighted by atomic mass is 16.4. The largest absolute Gasteiger partial charge is 0.481 e. The summed E-state index contributed by atoms with van der Waals surface area (Å²) in [5, 5.41) is 24.8. The van der Waals surface area contributed by atoms with Gasteiger partial charge >= 0.3 is 11.9 Å². The first-order valence-corrected chi connectivity index (χ1v) is 11.2. The van der Waals surface area contributed by atoms with E-state index in [4.69, 9.17) is 28.0 Å². The molecule has 0 aromatic rings. The lowest BCUT2D eigenvalue weighted by atomic mass is 10.0. The standard InChI is InChI=1S/C20H35N7O9/c21-8-2-1-3-11(18(33)27-13(20(35)36)9-15(24)29)26-19(34)12(5-6-14(23)28)25-17(32)10(22)4-7-16(30)31/h10-13H,1-9,21-22H2,(H2,23,28)(H2,24,29)(H,25,32)(H,26,34)(H,27,33)(H,30,31)(H,35,36). The van der Waals surface area contributed by atoms with Gasteiger partial charge in [0.25, 0.3) is 0 Å². The Labute approximate surface area is 206 Å². The van der Waals surface area contributed by atoms with Gasteiger partial charge in [-0.15, -0.1) is 0 Å². The summed E-state index contributed by atoms with van der Waals surface area (Å²) in [4.78, 5) is 82.4. The summed E-state index contributed by atoms with van der Waals surface area (Å²) >= 11 is 0. The van der Waals surface area contributed by atoms with Crippen molar-refractivity contribution in [2.45, 2.75) is 75.5 Å². The molecule has 0 radical (unpaired) electrons. The van der Waals surface area contributed by atoms with Crippen molar-refractivity contribution in [2.24, 2.45) is 22.9 Å². The zero-order valence-electron chi connectivity index (χ0n) is 19.7. The van der Waals surface area contributed by atoms with Crippen LogP contribution in [0.3, 0.4) is 0 Å². The van der Waals surface area contributed by atoms with Crippen LogP contribution < -0.4 is 38.9 Å². The van der Waals surface area contributed by atoms with E-state index in [1.54, 1.807) is 0 Å². The van der Waals surface area contributed by atoms with Gasteiger partial charge in [0.1, 0.15) is 18.1 Å². The van der Waals surface area contributed by atoms with E-state index >= 15 is 0 Å². The van der Waals surface area contributed by atoms with Gasteiger partial charge in [-0.2, -0.15) is 0 Å². The number of hydrogen-bond acceptors (Lipinski definition) is 9. The molecule has 4 atom stereocenters. The molecular formula is C20H35N7O9. The van der Waals surface area contributed by atoms with E-state index in [1.165, 1.54) is 0 Å². The second-order valence-electron chi connectivity index (χ2n) is 8.02. The maximum Gasteiger partial charge on any atom is 0.326 e. The van der Waals surface area contributed by atoms with Crippen LogP contribution in [-0.2, 0) is 33.6 Å². The number of unbranched alkanes of at least 4 members (excludes halogenated alkanes) is 1. The van der Waals surface area contributed by atoms with Crippen LogP contribution in [-0.4, -0.2) is 82.4 Å². The van der Waals surface area contributed by atoms with Crippen LogP contribution in [0.25, 0.3) is 0 Å². The van der Waals surface area contributed by atoms with Gasteiger partial charge in [0.2, 0.25) is 29.5 Å². The van der Waals surface area contributed by atoms with Crippen molar-refractivity contribution in [3.63, 3.8) is 0 Å². The van der Waals surface area contributed by atoms with E-state index in [0.29, 0.717) is 12.8 Å². The maximum absolute atomic E-state index is 12.9. The number of primary amides is 2. The molecule has 0 aliphatic rings. The van der Waals surface area contributed by atoms with Crippen LogP contribution in [0.15, 0.2) is 0 Å². The third-order valence-corrected chi connectivity index (χ3v) is 4.92. The van der Waals surface area contributed by atoms with E-state index in [2.05, 4.69) is 16.0 Å². The van der Waals surface area contributed by atoms with Gasteiger partial charge in [0, 0.05) is 12.8 Å². The molecule has 13 N–H and O–H groups in total. The zero-order chi connectivity index (χ0) is 27.8. The maximum atomic E-state index is 12.9. The molecule has 0 saturated heterocycles. The van der Waals surface area contributed by atoms with Crippen molar-refractivity contribution in [2.75, 3.05) is 6.54 Å². The lowest BCUT2D eigenvalue weighted by molar-refractivity contribution is -0.144. The second-order valence-corrected chi connectivity index (χ2v) is 8.02. The summed E-state index contributed by atoms with van der Waals surface area (Å²) in [5.41, 5.74) is 21.2. The van der Waals surface area contributed by atoms with Gasteiger partial charge in [-0.25, -0.2) is 4.79 Å². The molecule has 0 aliphatic heterocycles. The van der Waals surface area contributed by atoms with E-state index in [0.717, 1.165) is 0 Å². The molecule has 0 heterocycles. The number of nitrogens with two attached hydrogens (primary N) is 4. The molecule has 0 spiro atoms. The van der Waals surface area contributed by atoms with Crippen LogP contribution in [0, 0.1) is 0 Å². The predicted octanol–water partition coefficient (Wildman–Crippen LogP) is -4.01. The molecule has 0 aliphatic carbocycles. The number of carbonyl (C=O) groups excluding carboxylic acids is 5. The van der Waals surface area contributed by atoms with Gasteiger partial charge in [-0.3, -0.25) is 28.8 Å². The van der Waals surface area contributed by atoms with Crippen molar-refractivity contribution in [1.29, 1.82) is 0 Å². The molecule has 0 aromatic carbocycles. The number of carboxylic acid groups (broad SMARTS) is 2. The SMILES string of the molecule is NCCCCC(NC(=O)C(CCC(N)=O)NC(=O)C(N)CCC(=O)O)C(=O)NC(CC(N)=O)C(=O)O. The van der Waals surface area contributed by atoms with Crippen LogP contribution in [0.2, 0.25) is 0 Å². The lowest BCUT2D eigenvalue weighted by Gasteiger charge is -2.25. The van der Waals surface area contributed by atoms with E-state index in [9.17, 15) is 38.7 Å². The van der Waals surface area contributed by atoms with E-state index in [1.807, 2.05) is 0 Å². The second kappa shape index (κ2) is 16.8. The molecule has 5 amide bonds. The summed E-state index contributed by atoms with van der Waals surface area (Å²) in [7, 11) is 0. The Morgan fingerprint density at radius 3 is 1.67 bits per heavy atom. The Morgan fingerprint density at radius 2 is 1.19 bits per heavy atom. The number of carboxylic acids is 2. The van der Waals surface area contributed by atoms with Gasteiger partial charge in [-0.1, -0.05) is 0 Å². The van der Waals surface area contributed by atoms with E-state index in [-0.39, 0.29) is 32.2 Å². The van der Waals surface area contributed by atoms with Crippen molar-refractivity contribution < 1.29 is 43.8 Å². The van der Waals surface area contributed by atoms with Crippen molar-refractivity contribution >= 4 is 41.5 Å². The highest BCUT2D eigenvalue weighted by molar-refractivity contribution is 5.95. The smallest absolute Gasteiger partial charge is 0.326 e. The third kappa shape index (κ3) is 13.8. The quantitative estimate of drug-likeness (QED) is 0.0743. The zero-order valence-corrected chi connectivity index (χ0v) is 19.7. The summed E-state index contributed by atoms with van der Waals surface area (Å²) in [5.74, 6) is -7.13. The molecule has 0 saturated carbocycles. The minimum Gasteiger partial charge on any atom is -0.481 e. The van der Waals surface area contributed by atoms with Crippen LogP contribution in [0.4, 0.5) is 0 Å². The normalized spacial score (nSPS) is 13.9. The Balaban J connectivity index is 5.58. The average Bonchev–Trinajstić information content (AvgIpc) is 2.78. The van der Waals surface area contributed by atoms with Gasteiger partial charge in [0.05, 0.1) is 12.5 Å². The first-order chi connectivity index (χ1) is 16.8. The molecule has 16 nitrogen and oxygen atoms in total. The minimum absolute atomic E-state index is 0.0340. The molecule has 0 bridgehead atoms. The van der Waals surface area contributed by atoms with Crippen LogP contribution in [0.1, 0.15) is 51.4 Å². The summed E-state index contributed by atoms with van der Waals surface area (Å²) in [6, 6.07) is -5.56. The molecule has 36 heavy (non-hydrogen) atoms. The van der Waals surface area contributed by atoms with Gasteiger partial charge in [0.15, 0.2) is 0 Å². The molecule has 0 fully saturated rings. The van der Waals surface area contributed by atoms with Crippen molar-refractivity contribution in [1.82, 2.24) is 16.0 Å². The first kappa shape index (κ1) is 32.2. The van der Waals surface area contributed by atoms with E-state index < -0.39 is 78.5 Å². The minimum atomic E-state index is -1.64. The topological polar surface area (TPSA) is 300 Å². The molecule has 0 rings (SSSR count). The van der Waals surface area contributed by atoms with Gasteiger partial charge < -0.3 is 49.1 Å².